The van der Waals surface area contributed by atoms with Gasteiger partial charge in [-0.25, -0.2) is 0 Å². The molecule has 0 nitrogen and oxygen atoms in total. The fraction of sp³-hybridized carbons (Fsp3) is 0.143. The van der Waals surface area contributed by atoms with E-state index in [1.807, 2.05) is 0 Å². The van der Waals surface area contributed by atoms with Gasteiger partial charge in [-0.3, -0.25) is 0 Å². The van der Waals surface area contributed by atoms with Crippen molar-refractivity contribution in [3.05, 3.63) is 35.9 Å². The summed E-state index contributed by atoms with van der Waals surface area (Å²) < 4.78 is 35.4. The van der Waals surface area contributed by atoms with Gasteiger partial charge >= 0.3 is 6.18 Å². The molecule has 0 N–H and O–H groups in total. The molecular weight excluding hydrogens is 336 g/mol. The van der Waals surface area contributed by atoms with E-state index < -0.39 is 11.7 Å². The summed E-state index contributed by atoms with van der Waals surface area (Å²) in [5.74, 6) is 0. The summed E-state index contributed by atoms with van der Waals surface area (Å²) in [6.07, 6.45) is -4.21. The molecule has 0 saturated carbocycles. The molecule has 1 aromatic carbocycles. The number of rotatable bonds is 0. The van der Waals surface area contributed by atoms with Crippen molar-refractivity contribution >= 4 is 0 Å². The van der Waals surface area contributed by atoms with Crippen LogP contribution in [-0.2, 0) is 27.2 Å². The maximum Gasteiger partial charge on any atom is 0.416 e. The van der Waals surface area contributed by atoms with Crippen LogP contribution < -0.4 is 0 Å². The van der Waals surface area contributed by atoms with Gasteiger partial charge in [0, 0.05) is 21.1 Å². The molecule has 0 aliphatic heterocycles. The van der Waals surface area contributed by atoms with Gasteiger partial charge in [0.05, 0.1) is 5.56 Å². The van der Waals surface area contributed by atoms with Crippen LogP contribution in [0.3, 0.4) is 0 Å². The van der Waals surface area contributed by atoms with Gasteiger partial charge in [-0.05, 0) is 0 Å². The Labute approximate surface area is 76.7 Å². The molecule has 0 spiro atoms. The molecule has 1 aromatic rings. The fourth-order valence-corrected chi connectivity index (χ4v) is 0.627. The van der Waals surface area contributed by atoms with Crippen LogP contribution in [0.1, 0.15) is 5.56 Å². The molecule has 0 amide bonds. The van der Waals surface area contributed by atoms with Crippen LogP contribution in [0.15, 0.2) is 30.3 Å². The first kappa shape index (κ1) is 10.7. The third kappa shape index (κ3) is 3.06. The van der Waals surface area contributed by atoms with Crippen LogP contribution in [0.2, 0.25) is 0 Å². The monoisotopic (exact) mass is 341 g/mol. The van der Waals surface area contributed by atoms with E-state index in [-0.39, 0.29) is 21.1 Å². The Morgan fingerprint density at radius 1 is 0.909 bits per heavy atom. The average molecular weight is 341 g/mol. The summed E-state index contributed by atoms with van der Waals surface area (Å²) in [5, 5.41) is 0. The van der Waals surface area contributed by atoms with Crippen molar-refractivity contribution in [1.82, 2.24) is 0 Å². The van der Waals surface area contributed by atoms with E-state index in [0.29, 0.717) is 0 Å². The maximum atomic E-state index is 11.8. The van der Waals surface area contributed by atoms with Crippen LogP contribution in [-0.4, -0.2) is 0 Å². The van der Waals surface area contributed by atoms with Crippen LogP contribution in [0, 0.1) is 0 Å². The first-order valence-corrected chi connectivity index (χ1v) is 2.73. The molecule has 0 radical (unpaired) electrons. The number of halogens is 3. The molecule has 0 saturated heterocycles. The average Bonchev–Trinajstić information content (AvgIpc) is 1.88. The minimum atomic E-state index is -4.21. The zero-order valence-corrected chi connectivity index (χ0v) is 7.61. The molecule has 0 aromatic heterocycles. The molecule has 11 heavy (non-hydrogen) atoms. The summed E-state index contributed by atoms with van der Waals surface area (Å²) in [4.78, 5) is 0. The minimum Gasteiger partial charge on any atom is -0.166 e. The summed E-state index contributed by atoms with van der Waals surface area (Å²) in [5.41, 5.74) is -0.602. The van der Waals surface area contributed by atoms with E-state index in [0.717, 1.165) is 12.1 Å². The Hall–Kier alpha value is -0.302. The minimum absolute atomic E-state index is 0. The number of benzene rings is 1. The zero-order valence-electron chi connectivity index (χ0n) is 5.34. The third-order valence-corrected chi connectivity index (χ3v) is 1.10. The van der Waals surface area contributed by atoms with E-state index in [1.54, 1.807) is 6.07 Å². The van der Waals surface area contributed by atoms with Gasteiger partial charge < -0.3 is 0 Å². The summed E-state index contributed by atoms with van der Waals surface area (Å²) in [7, 11) is 0. The molecule has 0 heterocycles. The van der Waals surface area contributed by atoms with Crippen molar-refractivity contribution < 1.29 is 34.2 Å². The van der Waals surface area contributed by atoms with Gasteiger partial charge in [-0.1, -0.05) is 30.3 Å². The van der Waals surface area contributed by atoms with Crippen molar-refractivity contribution in [3.8, 4) is 0 Å². The molecule has 0 aliphatic carbocycles. The van der Waals surface area contributed by atoms with Gasteiger partial charge in [-0.15, -0.1) is 0 Å². The Morgan fingerprint density at radius 3 is 1.64 bits per heavy atom. The SMILES string of the molecule is FC(F)(F)c1ccccc1.[Pt]. The van der Waals surface area contributed by atoms with E-state index >= 15 is 0 Å². The maximum absolute atomic E-state index is 11.8. The third-order valence-electron chi connectivity index (χ3n) is 1.10. The smallest absolute Gasteiger partial charge is 0.166 e. The predicted octanol–water partition coefficient (Wildman–Crippen LogP) is 2.70. The molecule has 0 bridgehead atoms. The van der Waals surface area contributed by atoms with E-state index in [9.17, 15) is 13.2 Å². The Bertz CT molecular complexity index is 205. The first-order chi connectivity index (χ1) is 4.61. The quantitative estimate of drug-likeness (QED) is 0.681. The molecule has 0 unspecified atom stereocenters. The predicted molar refractivity (Wildman–Crippen MR) is 31.4 cm³/mol. The summed E-state index contributed by atoms with van der Waals surface area (Å²) >= 11 is 0. The summed E-state index contributed by atoms with van der Waals surface area (Å²) in [6, 6.07) is 6.36. The standard InChI is InChI=1S/C7H5F3.Pt/c8-7(9,10)6-4-2-1-3-5-6;/h1-5H;. The van der Waals surface area contributed by atoms with Gasteiger partial charge in [0.2, 0.25) is 0 Å². The normalized spacial score (nSPS) is 10.5. The van der Waals surface area contributed by atoms with Crippen LogP contribution in [0.4, 0.5) is 13.2 Å². The second-order valence-corrected chi connectivity index (χ2v) is 1.86. The molecule has 0 atom stereocenters. The number of hydrogen-bond acceptors (Lipinski definition) is 0. The van der Waals surface area contributed by atoms with Crippen molar-refractivity contribution in [2.75, 3.05) is 0 Å². The van der Waals surface area contributed by atoms with Crippen molar-refractivity contribution in [2.24, 2.45) is 0 Å². The Balaban J connectivity index is 0.000001000. The van der Waals surface area contributed by atoms with Crippen molar-refractivity contribution in [2.45, 2.75) is 6.18 Å². The van der Waals surface area contributed by atoms with Gasteiger partial charge in [0.1, 0.15) is 0 Å². The molecule has 64 valence electrons. The van der Waals surface area contributed by atoms with Gasteiger partial charge in [-0.2, -0.15) is 13.2 Å². The largest absolute Gasteiger partial charge is 0.416 e. The van der Waals surface area contributed by atoms with E-state index in [4.69, 9.17) is 0 Å². The van der Waals surface area contributed by atoms with E-state index in [1.165, 1.54) is 12.1 Å². The molecule has 1 rings (SSSR count). The number of hydrogen-bond donors (Lipinski definition) is 0. The molecule has 0 aliphatic rings. The zero-order chi connectivity index (χ0) is 7.61. The van der Waals surface area contributed by atoms with E-state index in [2.05, 4.69) is 0 Å². The summed E-state index contributed by atoms with van der Waals surface area (Å²) in [6.45, 7) is 0. The number of alkyl halides is 3. The van der Waals surface area contributed by atoms with Crippen LogP contribution in [0.25, 0.3) is 0 Å². The van der Waals surface area contributed by atoms with Gasteiger partial charge in [0.25, 0.3) is 0 Å². The van der Waals surface area contributed by atoms with Crippen LogP contribution >= 0.6 is 0 Å². The second-order valence-electron chi connectivity index (χ2n) is 1.86. The van der Waals surface area contributed by atoms with Crippen molar-refractivity contribution in [1.29, 1.82) is 0 Å². The fourth-order valence-electron chi connectivity index (χ4n) is 0.627. The molecule has 0 fully saturated rings. The van der Waals surface area contributed by atoms with Gasteiger partial charge in [0.15, 0.2) is 0 Å². The topological polar surface area (TPSA) is 0 Å². The van der Waals surface area contributed by atoms with Crippen LogP contribution in [0.5, 0.6) is 0 Å². The Morgan fingerprint density at radius 2 is 1.36 bits per heavy atom. The molecular formula is C7H5F3Pt. The van der Waals surface area contributed by atoms with Crippen molar-refractivity contribution in [3.63, 3.8) is 0 Å². The Kier molecular flexibility index (Phi) is 3.80. The molecule has 4 heteroatoms. The first-order valence-electron chi connectivity index (χ1n) is 2.73. The second kappa shape index (κ2) is 3.91.